The molecule has 118 valence electrons. The molecule has 2 heteroatoms. The zero-order valence-corrected chi connectivity index (χ0v) is 13.9. The van der Waals surface area contributed by atoms with E-state index in [9.17, 15) is 0 Å². The lowest BCUT2D eigenvalue weighted by Crippen LogP contribution is -2.06. The van der Waals surface area contributed by atoms with Crippen LogP contribution in [-0.4, -0.2) is 11.1 Å². The van der Waals surface area contributed by atoms with Crippen LogP contribution in [0.1, 0.15) is 13.8 Å². The van der Waals surface area contributed by atoms with Crippen molar-refractivity contribution in [3.63, 3.8) is 0 Å². The van der Waals surface area contributed by atoms with Crippen molar-refractivity contribution in [2.24, 2.45) is 0 Å². The van der Waals surface area contributed by atoms with Gasteiger partial charge in [-0.3, -0.25) is 4.98 Å². The van der Waals surface area contributed by atoms with E-state index in [1.165, 1.54) is 16.3 Å². The lowest BCUT2D eigenvalue weighted by Gasteiger charge is -2.14. The molecule has 0 aliphatic rings. The van der Waals surface area contributed by atoms with Gasteiger partial charge in [-0.05, 0) is 66.1 Å². The molecule has 0 unspecified atom stereocenters. The molecular weight excluding hydrogens is 294 g/mol. The smallest absolute Gasteiger partial charge is 0.129 e. The van der Waals surface area contributed by atoms with Gasteiger partial charge in [0.05, 0.1) is 11.6 Å². The van der Waals surface area contributed by atoms with Gasteiger partial charge in [0, 0.05) is 11.6 Å². The Labute approximate surface area is 141 Å². The van der Waals surface area contributed by atoms with Gasteiger partial charge in [-0.1, -0.05) is 36.4 Å². The van der Waals surface area contributed by atoms with Crippen LogP contribution in [0.2, 0.25) is 0 Å². The van der Waals surface area contributed by atoms with Crippen molar-refractivity contribution >= 4 is 21.7 Å². The maximum absolute atomic E-state index is 6.04. The standard InChI is InChI=1S/C22H19NO/c1-15(2)24-22-14-19(13-21-20(22)8-5-11-23-21)18-10-9-16-6-3-4-7-17(16)12-18/h3-15H,1-2H3. The Morgan fingerprint density at radius 1 is 0.792 bits per heavy atom. The van der Waals surface area contributed by atoms with E-state index in [0.29, 0.717) is 0 Å². The summed E-state index contributed by atoms with van der Waals surface area (Å²) in [5.41, 5.74) is 3.26. The van der Waals surface area contributed by atoms with E-state index in [-0.39, 0.29) is 6.10 Å². The van der Waals surface area contributed by atoms with E-state index < -0.39 is 0 Å². The molecular formula is C22H19NO. The topological polar surface area (TPSA) is 22.1 Å². The van der Waals surface area contributed by atoms with Crippen LogP contribution in [-0.2, 0) is 0 Å². The number of hydrogen-bond acceptors (Lipinski definition) is 2. The quantitative estimate of drug-likeness (QED) is 0.474. The molecule has 0 saturated carbocycles. The first-order chi connectivity index (χ1) is 11.7. The van der Waals surface area contributed by atoms with E-state index in [0.717, 1.165) is 22.2 Å². The van der Waals surface area contributed by atoms with Crippen LogP contribution in [0.25, 0.3) is 32.8 Å². The molecule has 0 saturated heterocycles. The molecule has 0 N–H and O–H groups in total. The van der Waals surface area contributed by atoms with Crippen LogP contribution in [0.4, 0.5) is 0 Å². The van der Waals surface area contributed by atoms with Crippen molar-refractivity contribution in [2.45, 2.75) is 20.0 Å². The number of benzene rings is 3. The van der Waals surface area contributed by atoms with Gasteiger partial charge in [0.15, 0.2) is 0 Å². The van der Waals surface area contributed by atoms with E-state index >= 15 is 0 Å². The molecule has 4 aromatic rings. The van der Waals surface area contributed by atoms with Crippen LogP contribution in [0.5, 0.6) is 5.75 Å². The Morgan fingerprint density at radius 2 is 1.62 bits per heavy atom. The molecule has 1 heterocycles. The monoisotopic (exact) mass is 313 g/mol. The van der Waals surface area contributed by atoms with Crippen molar-refractivity contribution in [2.75, 3.05) is 0 Å². The Hall–Kier alpha value is -2.87. The van der Waals surface area contributed by atoms with Crippen LogP contribution >= 0.6 is 0 Å². The lowest BCUT2D eigenvalue weighted by atomic mass is 9.99. The van der Waals surface area contributed by atoms with Crippen molar-refractivity contribution < 1.29 is 4.74 Å². The molecule has 0 aliphatic carbocycles. The average molecular weight is 313 g/mol. The molecule has 0 atom stereocenters. The second-order valence-corrected chi connectivity index (χ2v) is 6.27. The number of rotatable bonds is 3. The largest absolute Gasteiger partial charge is 0.490 e. The highest BCUT2D eigenvalue weighted by Gasteiger charge is 2.09. The molecule has 3 aromatic carbocycles. The van der Waals surface area contributed by atoms with Crippen LogP contribution in [0.15, 0.2) is 72.9 Å². The number of aromatic nitrogens is 1. The van der Waals surface area contributed by atoms with Crippen molar-refractivity contribution in [3.8, 4) is 16.9 Å². The highest BCUT2D eigenvalue weighted by Crippen LogP contribution is 2.33. The van der Waals surface area contributed by atoms with Crippen molar-refractivity contribution in [3.05, 3.63) is 72.9 Å². The Balaban J connectivity index is 1.91. The predicted molar refractivity (Wildman–Crippen MR) is 100 cm³/mol. The highest BCUT2D eigenvalue weighted by atomic mass is 16.5. The molecule has 0 spiro atoms. The van der Waals surface area contributed by atoms with Crippen molar-refractivity contribution in [1.29, 1.82) is 0 Å². The summed E-state index contributed by atoms with van der Waals surface area (Å²) in [4.78, 5) is 4.52. The minimum absolute atomic E-state index is 0.125. The Morgan fingerprint density at radius 3 is 2.46 bits per heavy atom. The Bertz CT molecular complexity index is 1020. The summed E-state index contributed by atoms with van der Waals surface area (Å²) < 4.78 is 6.04. The number of hydrogen-bond donors (Lipinski definition) is 0. The van der Waals surface area contributed by atoms with E-state index in [2.05, 4.69) is 65.6 Å². The highest BCUT2D eigenvalue weighted by molar-refractivity contribution is 5.92. The second-order valence-electron chi connectivity index (χ2n) is 6.27. The zero-order chi connectivity index (χ0) is 16.5. The van der Waals surface area contributed by atoms with Crippen LogP contribution in [0, 0.1) is 0 Å². The second kappa shape index (κ2) is 5.97. The predicted octanol–water partition coefficient (Wildman–Crippen LogP) is 5.84. The number of nitrogens with zero attached hydrogens (tertiary/aromatic N) is 1. The normalized spacial score (nSPS) is 11.3. The van der Waals surface area contributed by atoms with Gasteiger partial charge >= 0.3 is 0 Å². The molecule has 2 nitrogen and oxygen atoms in total. The summed E-state index contributed by atoms with van der Waals surface area (Å²) in [5, 5.41) is 3.54. The first-order valence-electron chi connectivity index (χ1n) is 8.25. The van der Waals surface area contributed by atoms with Gasteiger partial charge in [0.2, 0.25) is 0 Å². The maximum atomic E-state index is 6.04. The first kappa shape index (κ1) is 14.7. The Kier molecular flexibility index (Phi) is 3.66. The fourth-order valence-electron chi connectivity index (χ4n) is 3.04. The van der Waals surface area contributed by atoms with Crippen molar-refractivity contribution in [1.82, 2.24) is 4.98 Å². The summed E-state index contributed by atoms with van der Waals surface area (Å²) >= 11 is 0. The maximum Gasteiger partial charge on any atom is 0.129 e. The van der Waals surface area contributed by atoms with Gasteiger partial charge in [-0.15, -0.1) is 0 Å². The number of ether oxygens (including phenoxy) is 1. The van der Waals surface area contributed by atoms with Crippen LogP contribution in [0.3, 0.4) is 0 Å². The first-order valence-corrected chi connectivity index (χ1v) is 8.25. The fraction of sp³-hybridized carbons (Fsp3) is 0.136. The molecule has 0 radical (unpaired) electrons. The SMILES string of the molecule is CC(C)Oc1cc(-c2ccc3ccccc3c2)cc2ncccc12. The summed E-state index contributed by atoms with van der Waals surface area (Å²) in [6.07, 6.45) is 1.95. The molecule has 0 amide bonds. The van der Waals surface area contributed by atoms with Gasteiger partial charge in [0.25, 0.3) is 0 Å². The summed E-state index contributed by atoms with van der Waals surface area (Å²) in [6, 6.07) is 23.2. The average Bonchev–Trinajstić information content (AvgIpc) is 2.61. The molecule has 1 aromatic heterocycles. The van der Waals surface area contributed by atoms with Gasteiger partial charge in [-0.25, -0.2) is 0 Å². The van der Waals surface area contributed by atoms with Gasteiger partial charge < -0.3 is 4.74 Å². The third kappa shape index (κ3) is 2.71. The number of fused-ring (bicyclic) bond motifs is 2. The number of pyridine rings is 1. The van der Waals surface area contributed by atoms with E-state index in [4.69, 9.17) is 4.74 Å². The van der Waals surface area contributed by atoms with Gasteiger partial charge in [0.1, 0.15) is 5.75 Å². The molecule has 24 heavy (non-hydrogen) atoms. The van der Waals surface area contributed by atoms with Crippen LogP contribution < -0.4 is 4.74 Å². The molecule has 4 rings (SSSR count). The summed E-state index contributed by atoms with van der Waals surface area (Å²) in [7, 11) is 0. The fourth-order valence-corrected chi connectivity index (χ4v) is 3.04. The minimum Gasteiger partial charge on any atom is -0.490 e. The minimum atomic E-state index is 0.125. The molecule has 0 aliphatic heterocycles. The lowest BCUT2D eigenvalue weighted by molar-refractivity contribution is 0.245. The third-order valence-electron chi connectivity index (χ3n) is 4.13. The van der Waals surface area contributed by atoms with E-state index in [1.807, 2.05) is 26.1 Å². The third-order valence-corrected chi connectivity index (χ3v) is 4.13. The summed E-state index contributed by atoms with van der Waals surface area (Å²) in [6.45, 7) is 4.09. The summed E-state index contributed by atoms with van der Waals surface area (Å²) in [5.74, 6) is 0.888. The molecule has 0 fully saturated rings. The van der Waals surface area contributed by atoms with Gasteiger partial charge in [-0.2, -0.15) is 0 Å². The zero-order valence-electron chi connectivity index (χ0n) is 13.9. The molecule has 0 bridgehead atoms. The van der Waals surface area contributed by atoms with E-state index in [1.54, 1.807) is 0 Å².